The number of sulfonamides is 1. The molecule has 1 heterocycles. The number of ether oxygens (including phenoxy) is 1. The summed E-state index contributed by atoms with van der Waals surface area (Å²) in [4.78, 5) is 15.6. The molecule has 0 saturated heterocycles. The quantitative estimate of drug-likeness (QED) is 0.675. The van der Waals surface area contributed by atoms with Gasteiger partial charge in [-0.15, -0.1) is 0 Å². The molecule has 0 radical (unpaired) electrons. The predicted octanol–water partition coefficient (Wildman–Crippen LogP) is 2.15. The van der Waals surface area contributed by atoms with Crippen molar-refractivity contribution in [3.63, 3.8) is 0 Å². The standard InChI is InChI=1S/C13H22N2O4SSi/c1-13(2,3)21(5,6)15-20(17,18)11-10(12(16)19-4)8-7-9-14-11/h7-9,15H,1-6H3. The van der Waals surface area contributed by atoms with Crippen molar-refractivity contribution < 1.29 is 17.9 Å². The summed E-state index contributed by atoms with van der Waals surface area (Å²) in [5.74, 6) is -0.723. The smallest absolute Gasteiger partial charge is 0.340 e. The molecule has 0 aliphatic rings. The SMILES string of the molecule is COC(=O)c1cccnc1S(=O)(=O)N[Si](C)(C)C(C)(C)C. The summed E-state index contributed by atoms with van der Waals surface area (Å²) >= 11 is 0. The maximum Gasteiger partial charge on any atom is 0.340 e. The minimum Gasteiger partial charge on any atom is -0.465 e. The molecule has 0 aliphatic carbocycles. The van der Waals surface area contributed by atoms with E-state index in [-0.39, 0.29) is 15.6 Å². The predicted molar refractivity (Wildman–Crippen MR) is 83.1 cm³/mol. The van der Waals surface area contributed by atoms with Crippen molar-refractivity contribution in [2.24, 2.45) is 0 Å². The normalized spacial score (nSPS) is 13.0. The van der Waals surface area contributed by atoms with Crippen LogP contribution in [0.15, 0.2) is 23.4 Å². The zero-order chi connectivity index (χ0) is 16.5. The zero-order valence-electron chi connectivity index (χ0n) is 13.2. The van der Waals surface area contributed by atoms with Crippen LogP contribution < -0.4 is 4.39 Å². The van der Waals surface area contributed by atoms with Gasteiger partial charge in [0.05, 0.1) is 12.7 Å². The highest BCUT2D eigenvalue weighted by Gasteiger charge is 2.40. The van der Waals surface area contributed by atoms with Gasteiger partial charge in [-0.05, 0) is 17.2 Å². The molecule has 8 heteroatoms. The fraction of sp³-hybridized carbons (Fsp3) is 0.538. The Morgan fingerprint density at radius 2 is 1.90 bits per heavy atom. The third-order valence-corrected chi connectivity index (χ3v) is 11.4. The van der Waals surface area contributed by atoms with E-state index >= 15 is 0 Å². The third-order valence-electron chi connectivity index (χ3n) is 3.70. The van der Waals surface area contributed by atoms with E-state index in [1.165, 1.54) is 25.4 Å². The monoisotopic (exact) mass is 330 g/mol. The second kappa shape index (κ2) is 5.86. The van der Waals surface area contributed by atoms with E-state index in [0.29, 0.717) is 0 Å². The summed E-state index contributed by atoms with van der Waals surface area (Å²) in [6.07, 6.45) is 1.34. The van der Waals surface area contributed by atoms with Crippen LogP contribution in [0.25, 0.3) is 0 Å². The molecular weight excluding hydrogens is 308 g/mol. The Labute approximate surface area is 127 Å². The number of carbonyl (C=O) groups excluding carboxylic acids is 1. The van der Waals surface area contributed by atoms with Gasteiger partial charge in [-0.2, -0.15) is 0 Å². The van der Waals surface area contributed by atoms with E-state index in [1.807, 2.05) is 33.9 Å². The molecule has 1 N–H and O–H groups in total. The van der Waals surface area contributed by atoms with E-state index in [0.717, 1.165) is 0 Å². The number of nitrogens with zero attached hydrogens (tertiary/aromatic N) is 1. The van der Waals surface area contributed by atoms with Crippen molar-refractivity contribution in [3.8, 4) is 0 Å². The summed E-state index contributed by atoms with van der Waals surface area (Å²) in [5.41, 5.74) is -0.0637. The average Bonchev–Trinajstić information content (AvgIpc) is 2.35. The van der Waals surface area contributed by atoms with E-state index in [1.54, 1.807) is 0 Å². The Morgan fingerprint density at radius 1 is 1.33 bits per heavy atom. The maximum absolute atomic E-state index is 12.6. The molecular formula is C13H22N2O4SSi. The number of aromatic nitrogens is 1. The van der Waals surface area contributed by atoms with Gasteiger partial charge in [0.2, 0.25) is 0 Å². The van der Waals surface area contributed by atoms with Gasteiger partial charge in [-0.3, -0.25) is 0 Å². The fourth-order valence-electron chi connectivity index (χ4n) is 1.41. The van der Waals surface area contributed by atoms with Crippen molar-refractivity contribution in [2.75, 3.05) is 7.11 Å². The van der Waals surface area contributed by atoms with Gasteiger partial charge in [0.1, 0.15) is 8.24 Å². The first-order chi connectivity index (χ1) is 9.42. The molecule has 0 aromatic carbocycles. The Morgan fingerprint density at radius 3 is 2.38 bits per heavy atom. The van der Waals surface area contributed by atoms with Gasteiger partial charge in [0, 0.05) is 6.20 Å². The van der Waals surface area contributed by atoms with E-state index in [2.05, 4.69) is 14.1 Å². The number of pyridine rings is 1. The maximum atomic E-state index is 12.6. The van der Waals surface area contributed by atoms with Crippen LogP contribution in [0.5, 0.6) is 0 Å². The lowest BCUT2D eigenvalue weighted by molar-refractivity contribution is 0.0595. The first kappa shape index (κ1) is 17.8. The van der Waals surface area contributed by atoms with Gasteiger partial charge in [0.25, 0.3) is 10.0 Å². The molecule has 0 saturated carbocycles. The number of rotatable bonds is 4. The molecule has 0 fully saturated rings. The largest absolute Gasteiger partial charge is 0.465 e. The number of hydrogen-bond acceptors (Lipinski definition) is 5. The number of hydrogen-bond donors (Lipinski definition) is 1. The lowest BCUT2D eigenvalue weighted by Crippen LogP contribution is -2.54. The Hall–Kier alpha value is -1.25. The lowest BCUT2D eigenvalue weighted by Gasteiger charge is -2.36. The van der Waals surface area contributed by atoms with Crippen LogP contribution in [0, 0.1) is 0 Å². The summed E-state index contributed by atoms with van der Waals surface area (Å²) < 4.78 is 32.5. The second-order valence-electron chi connectivity index (χ2n) is 6.33. The molecule has 0 amide bonds. The molecule has 0 atom stereocenters. The van der Waals surface area contributed by atoms with Crippen LogP contribution in [0.1, 0.15) is 31.1 Å². The number of carbonyl (C=O) groups is 1. The summed E-state index contributed by atoms with van der Waals surface area (Å²) in [6, 6.07) is 2.89. The van der Waals surface area contributed by atoms with Gasteiger partial charge in [-0.25, -0.2) is 22.6 Å². The molecule has 21 heavy (non-hydrogen) atoms. The zero-order valence-corrected chi connectivity index (χ0v) is 15.0. The van der Waals surface area contributed by atoms with Crippen molar-refractivity contribution in [1.29, 1.82) is 0 Å². The Bertz CT molecular complexity index is 636. The van der Waals surface area contributed by atoms with Crippen LogP contribution in [0.4, 0.5) is 0 Å². The molecule has 0 unspecified atom stereocenters. The Balaban J connectivity index is 3.31. The van der Waals surface area contributed by atoms with Gasteiger partial charge >= 0.3 is 5.97 Å². The van der Waals surface area contributed by atoms with Crippen LogP contribution in [-0.4, -0.2) is 34.7 Å². The topological polar surface area (TPSA) is 85.4 Å². The molecule has 0 bridgehead atoms. The van der Waals surface area contributed by atoms with Crippen molar-refractivity contribution in [2.45, 2.75) is 43.9 Å². The molecule has 118 valence electrons. The van der Waals surface area contributed by atoms with E-state index < -0.39 is 24.2 Å². The molecule has 0 aliphatic heterocycles. The van der Waals surface area contributed by atoms with Gasteiger partial charge in [0.15, 0.2) is 5.03 Å². The molecule has 1 aromatic rings. The number of methoxy groups -OCH3 is 1. The highest BCUT2D eigenvalue weighted by atomic mass is 32.2. The highest BCUT2D eigenvalue weighted by molar-refractivity contribution is 7.91. The summed E-state index contributed by atoms with van der Waals surface area (Å²) in [5, 5.41) is -0.470. The minimum atomic E-state index is -3.89. The first-order valence-corrected chi connectivity index (χ1v) is 11.0. The van der Waals surface area contributed by atoms with Crippen LogP contribution in [0.3, 0.4) is 0 Å². The Kier molecular flexibility index (Phi) is 4.96. The average molecular weight is 330 g/mol. The van der Waals surface area contributed by atoms with Crippen molar-refractivity contribution in [1.82, 2.24) is 9.37 Å². The van der Waals surface area contributed by atoms with Crippen molar-refractivity contribution >= 4 is 24.2 Å². The molecule has 1 rings (SSSR count). The lowest BCUT2D eigenvalue weighted by atomic mass is 10.2. The minimum absolute atomic E-state index is 0.0637. The summed E-state index contributed by atoms with van der Waals surface area (Å²) in [7, 11) is -5.01. The van der Waals surface area contributed by atoms with Crippen LogP contribution in [-0.2, 0) is 14.8 Å². The number of esters is 1. The van der Waals surface area contributed by atoms with Crippen LogP contribution >= 0.6 is 0 Å². The van der Waals surface area contributed by atoms with E-state index in [9.17, 15) is 13.2 Å². The molecule has 6 nitrogen and oxygen atoms in total. The number of nitrogens with one attached hydrogen (secondary N) is 1. The first-order valence-electron chi connectivity index (χ1n) is 6.50. The highest BCUT2D eigenvalue weighted by Crippen LogP contribution is 2.34. The molecule has 0 spiro atoms. The van der Waals surface area contributed by atoms with E-state index in [4.69, 9.17) is 0 Å². The second-order valence-corrected chi connectivity index (χ2v) is 13.3. The van der Waals surface area contributed by atoms with Crippen LogP contribution in [0.2, 0.25) is 18.1 Å². The molecule has 1 aromatic heterocycles. The fourth-order valence-corrected chi connectivity index (χ4v) is 6.35. The van der Waals surface area contributed by atoms with Gasteiger partial charge in [-0.1, -0.05) is 33.9 Å². The van der Waals surface area contributed by atoms with Crippen molar-refractivity contribution in [3.05, 3.63) is 23.9 Å². The third kappa shape index (κ3) is 3.89. The summed E-state index contributed by atoms with van der Waals surface area (Å²) in [6.45, 7) is 9.81. The van der Waals surface area contributed by atoms with Gasteiger partial charge < -0.3 is 4.74 Å².